The van der Waals surface area contributed by atoms with E-state index < -0.39 is 35.7 Å². The zero-order valence-electron chi connectivity index (χ0n) is 14.8. The minimum absolute atomic E-state index is 0.00883. The highest BCUT2D eigenvalue weighted by molar-refractivity contribution is 5.94. The molecule has 0 aliphatic carbocycles. The molecule has 1 aromatic carbocycles. The molecule has 1 unspecified atom stereocenters. The predicted octanol–water partition coefficient (Wildman–Crippen LogP) is 1.28. The molecule has 8 heteroatoms. The zero-order valence-corrected chi connectivity index (χ0v) is 14.8. The van der Waals surface area contributed by atoms with Crippen molar-refractivity contribution in [1.29, 1.82) is 0 Å². The Morgan fingerprint density at radius 2 is 1.92 bits per heavy atom. The molecule has 0 saturated carbocycles. The smallest absolute Gasteiger partial charge is 0.328 e. The van der Waals surface area contributed by atoms with E-state index in [1.54, 1.807) is 19.9 Å². The Morgan fingerprint density at radius 1 is 1.28 bits per heavy atom. The molecule has 0 fully saturated rings. The maximum Gasteiger partial charge on any atom is 0.328 e. The van der Waals surface area contributed by atoms with Crippen LogP contribution in [-0.2, 0) is 19.1 Å². The Bertz CT molecular complexity index is 649. The summed E-state index contributed by atoms with van der Waals surface area (Å²) < 4.78 is 19.0. The van der Waals surface area contributed by atoms with Gasteiger partial charge in [0.25, 0.3) is 0 Å². The molecule has 0 heterocycles. The lowest BCUT2D eigenvalue weighted by Gasteiger charge is -2.23. The Hall–Kier alpha value is -2.48. The first-order valence-electron chi connectivity index (χ1n) is 7.94. The number of hydrogen-bond donors (Lipinski definition) is 3. The number of carbonyl (C=O) groups excluding carboxylic acids is 3. The number of hydrogen-bond acceptors (Lipinski definition) is 5. The fourth-order valence-electron chi connectivity index (χ4n) is 2.15. The van der Waals surface area contributed by atoms with Crippen LogP contribution in [0.2, 0.25) is 0 Å². The van der Waals surface area contributed by atoms with Crippen LogP contribution in [0.4, 0.5) is 10.1 Å². The number of benzene rings is 1. The number of methoxy groups -OCH3 is 1. The highest BCUT2D eigenvalue weighted by atomic mass is 19.1. The van der Waals surface area contributed by atoms with Crippen molar-refractivity contribution in [2.75, 3.05) is 12.4 Å². The van der Waals surface area contributed by atoms with Crippen LogP contribution in [0.25, 0.3) is 0 Å². The number of rotatable bonds is 7. The standard InChI is InChI=1S/C17H24FN3O4/c1-5-14(22)21-15(17(24)25-4)9(2)11-6-7-13(12(18)8-11)20-16(23)10(3)19/h6-10,15H,5,19H2,1-4H3,(H,20,23)(H,21,22)/t9-,10?,15+/m0/s1. The van der Waals surface area contributed by atoms with Crippen molar-refractivity contribution in [3.63, 3.8) is 0 Å². The SMILES string of the molecule is CCC(=O)N[C@@H](C(=O)OC)[C@@H](C)c1ccc(NC(=O)C(C)N)c(F)c1. The van der Waals surface area contributed by atoms with Crippen LogP contribution in [-0.4, -0.2) is 37.0 Å². The third-order valence-corrected chi connectivity index (χ3v) is 3.78. The third kappa shape index (κ3) is 5.53. The first kappa shape index (κ1) is 20.6. The number of esters is 1. The van der Waals surface area contributed by atoms with Gasteiger partial charge in [0.2, 0.25) is 11.8 Å². The number of anilines is 1. The van der Waals surface area contributed by atoms with Gasteiger partial charge in [-0.05, 0) is 24.6 Å². The van der Waals surface area contributed by atoms with Crippen LogP contribution < -0.4 is 16.4 Å². The summed E-state index contributed by atoms with van der Waals surface area (Å²) in [5.41, 5.74) is 5.90. The van der Waals surface area contributed by atoms with Gasteiger partial charge in [0.1, 0.15) is 11.9 Å². The Kier molecular flexibility index (Phi) is 7.50. The zero-order chi connectivity index (χ0) is 19.1. The molecule has 4 N–H and O–H groups in total. The second kappa shape index (κ2) is 9.12. The van der Waals surface area contributed by atoms with Gasteiger partial charge in [0.05, 0.1) is 18.8 Å². The van der Waals surface area contributed by atoms with Gasteiger partial charge in [-0.3, -0.25) is 9.59 Å². The molecule has 0 radical (unpaired) electrons. The third-order valence-electron chi connectivity index (χ3n) is 3.78. The Labute approximate surface area is 146 Å². The van der Waals surface area contributed by atoms with Crippen LogP contribution >= 0.6 is 0 Å². The summed E-state index contributed by atoms with van der Waals surface area (Å²) >= 11 is 0. The topological polar surface area (TPSA) is 111 Å². The predicted molar refractivity (Wildman–Crippen MR) is 91.3 cm³/mol. The molecule has 0 aromatic heterocycles. The lowest BCUT2D eigenvalue weighted by molar-refractivity contribution is -0.145. The van der Waals surface area contributed by atoms with E-state index in [0.717, 1.165) is 0 Å². The maximum absolute atomic E-state index is 14.3. The van der Waals surface area contributed by atoms with Gasteiger partial charge in [-0.25, -0.2) is 9.18 Å². The summed E-state index contributed by atoms with van der Waals surface area (Å²) in [6, 6.07) is 2.44. The fourth-order valence-corrected chi connectivity index (χ4v) is 2.15. The second-order valence-electron chi connectivity index (χ2n) is 5.73. The summed E-state index contributed by atoms with van der Waals surface area (Å²) in [6.07, 6.45) is 0.205. The van der Waals surface area contributed by atoms with E-state index in [4.69, 9.17) is 10.5 Å². The largest absolute Gasteiger partial charge is 0.467 e. The highest BCUT2D eigenvalue weighted by Crippen LogP contribution is 2.25. The minimum atomic E-state index is -0.943. The van der Waals surface area contributed by atoms with Gasteiger partial charge < -0.3 is 21.1 Å². The normalized spacial score (nSPS) is 14.2. The molecule has 0 saturated heterocycles. The first-order valence-corrected chi connectivity index (χ1v) is 7.94. The van der Waals surface area contributed by atoms with E-state index in [9.17, 15) is 18.8 Å². The summed E-state index contributed by atoms with van der Waals surface area (Å²) in [7, 11) is 1.22. The minimum Gasteiger partial charge on any atom is -0.467 e. The average Bonchev–Trinajstić information content (AvgIpc) is 2.59. The lowest BCUT2D eigenvalue weighted by atomic mass is 9.92. The van der Waals surface area contributed by atoms with E-state index in [1.165, 1.54) is 26.2 Å². The van der Waals surface area contributed by atoms with E-state index >= 15 is 0 Å². The molecule has 1 rings (SSSR count). The summed E-state index contributed by atoms with van der Waals surface area (Å²) in [4.78, 5) is 35.1. The molecule has 2 amide bonds. The average molecular weight is 353 g/mol. The van der Waals surface area contributed by atoms with E-state index in [0.29, 0.717) is 5.56 Å². The maximum atomic E-state index is 14.3. The summed E-state index contributed by atoms with van der Waals surface area (Å²) in [5.74, 6) is -2.64. The molecule has 3 atom stereocenters. The van der Waals surface area contributed by atoms with Crippen molar-refractivity contribution in [2.24, 2.45) is 5.73 Å². The molecular formula is C17H24FN3O4. The van der Waals surface area contributed by atoms with Crippen molar-refractivity contribution in [1.82, 2.24) is 5.32 Å². The van der Waals surface area contributed by atoms with Gasteiger partial charge in [-0.15, -0.1) is 0 Å². The van der Waals surface area contributed by atoms with Crippen LogP contribution in [0.15, 0.2) is 18.2 Å². The van der Waals surface area contributed by atoms with Crippen molar-refractivity contribution >= 4 is 23.5 Å². The molecule has 0 aliphatic rings. The molecule has 25 heavy (non-hydrogen) atoms. The number of nitrogens with one attached hydrogen (secondary N) is 2. The van der Waals surface area contributed by atoms with Crippen LogP contribution in [0, 0.1) is 5.82 Å². The second-order valence-corrected chi connectivity index (χ2v) is 5.73. The van der Waals surface area contributed by atoms with Gasteiger partial charge in [0, 0.05) is 12.3 Å². The van der Waals surface area contributed by atoms with Crippen LogP contribution in [0.5, 0.6) is 0 Å². The van der Waals surface area contributed by atoms with Crippen molar-refractivity contribution in [3.05, 3.63) is 29.6 Å². The number of amides is 2. The molecule has 0 spiro atoms. The van der Waals surface area contributed by atoms with Crippen molar-refractivity contribution in [2.45, 2.75) is 45.2 Å². The summed E-state index contributed by atoms with van der Waals surface area (Å²) in [5, 5.41) is 4.95. The van der Waals surface area contributed by atoms with Crippen LogP contribution in [0.1, 0.15) is 38.7 Å². The van der Waals surface area contributed by atoms with Gasteiger partial charge in [0.15, 0.2) is 0 Å². The Balaban J connectivity index is 3.04. The molecule has 1 aromatic rings. The number of ether oxygens (including phenoxy) is 1. The quantitative estimate of drug-likeness (QED) is 0.640. The highest BCUT2D eigenvalue weighted by Gasteiger charge is 2.29. The van der Waals surface area contributed by atoms with Gasteiger partial charge in [-0.1, -0.05) is 19.9 Å². The van der Waals surface area contributed by atoms with Gasteiger partial charge >= 0.3 is 5.97 Å². The molecule has 0 aliphatic heterocycles. The molecule has 0 bridgehead atoms. The lowest BCUT2D eigenvalue weighted by Crippen LogP contribution is -2.44. The van der Waals surface area contributed by atoms with E-state index in [1.807, 2.05) is 0 Å². The molecular weight excluding hydrogens is 329 g/mol. The summed E-state index contributed by atoms with van der Waals surface area (Å²) in [6.45, 7) is 4.82. The molecule has 7 nitrogen and oxygen atoms in total. The molecule has 138 valence electrons. The number of carbonyl (C=O) groups is 3. The van der Waals surface area contributed by atoms with Crippen molar-refractivity contribution in [3.8, 4) is 0 Å². The van der Waals surface area contributed by atoms with E-state index in [-0.39, 0.29) is 18.0 Å². The van der Waals surface area contributed by atoms with Gasteiger partial charge in [-0.2, -0.15) is 0 Å². The van der Waals surface area contributed by atoms with E-state index in [2.05, 4.69) is 10.6 Å². The number of nitrogens with two attached hydrogens (primary N) is 1. The monoisotopic (exact) mass is 353 g/mol. The fraction of sp³-hybridized carbons (Fsp3) is 0.471. The van der Waals surface area contributed by atoms with Crippen molar-refractivity contribution < 1.29 is 23.5 Å². The Morgan fingerprint density at radius 3 is 2.40 bits per heavy atom. The van der Waals surface area contributed by atoms with Crippen LogP contribution in [0.3, 0.4) is 0 Å². The first-order chi connectivity index (χ1) is 11.7. The number of halogens is 1.